The van der Waals surface area contributed by atoms with Crippen LogP contribution in [0.3, 0.4) is 0 Å². The number of carbonyl (C=O) groups excluding carboxylic acids is 2. The molecule has 0 radical (unpaired) electrons. The number of carbonyl (C=O) groups is 2. The lowest BCUT2D eigenvalue weighted by Crippen LogP contribution is -2.48. The monoisotopic (exact) mass is 670 g/mol. The minimum absolute atomic E-state index is 0.00210. The first-order valence-corrected chi connectivity index (χ1v) is 15.4. The lowest BCUT2D eigenvalue weighted by Gasteiger charge is -2.34. The number of ether oxygens (including phenoxy) is 1. The maximum Gasteiger partial charge on any atom is 0.329 e. The van der Waals surface area contributed by atoms with Crippen LogP contribution in [0, 0.1) is 18.8 Å². The van der Waals surface area contributed by atoms with Gasteiger partial charge >= 0.3 is 11.8 Å². The Morgan fingerprint density at radius 2 is 1.72 bits per heavy atom. The lowest BCUT2D eigenvalue weighted by molar-refractivity contribution is -0.172. The predicted octanol–water partition coefficient (Wildman–Crippen LogP) is 3.24. The summed E-state index contributed by atoms with van der Waals surface area (Å²) in [6.07, 6.45) is 2.64. The van der Waals surface area contributed by atoms with Gasteiger partial charge in [-0.05, 0) is 42.5 Å². The quantitative estimate of drug-likeness (QED) is 0.377. The Balaban J connectivity index is 1.18. The molecule has 0 spiro atoms. The van der Waals surface area contributed by atoms with Crippen molar-refractivity contribution in [1.29, 1.82) is 0 Å². The van der Waals surface area contributed by atoms with Crippen LogP contribution in [-0.2, 0) is 9.53 Å². The van der Waals surface area contributed by atoms with E-state index in [0.717, 1.165) is 0 Å². The largest absolute Gasteiger partial charge is 0.378 e. The molecule has 18 heteroatoms. The fourth-order valence-corrected chi connectivity index (χ4v) is 7.05. The molecule has 1 saturated carbocycles. The molecule has 3 aromatic rings. The smallest absolute Gasteiger partial charge is 0.329 e. The second kappa shape index (κ2) is 11.4. The number of alkyl halides is 6. The van der Waals surface area contributed by atoms with Gasteiger partial charge in [-0.1, -0.05) is 5.16 Å². The van der Waals surface area contributed by atoms with E-state index in [4.69, 9.17) is 9.72 Å². The number of halogens is 6. The van der Waals surface area contributed by atoms with Crippen LogP contribution in [0.1, 0.15) is 65.1 Å². The van der Waals surface area contributed by atoms with Crippen LogP contribution < -0.4 is 5.32 Å². The fraction of sp³-hybridized carbons (Fsp3) is 0.655. The number of amides is 2. The summed E-state index contributed by atoms with van der Waals surface area (Å²) in [4.78, 5) is 33.9. The van der Waals surface area contributed by atoms with E-state index < -0.39 is 60.5 Å². The van der Waals surface area contributed by atoms with Crippen LogP contribution >= 0.6 is 0 Å². The van der Waals surface area contributed by atoms with Gasteiger partial charge in [0.1, 0.15) is 5.69 Å². The molecule has 3 unspecified atom stereocenters. The summed E-state index contributed by atoms with van der Waals surface area (Å²) in [6.45, 7) is 0.193. The molecule has 254 valence electrons. The average Bonchev–Trinajstić information content (AvgIpc) is 3.75. The van der Waals surface area contributed by atoms with Crippen molar-refractivity contribution in [2.75, 3.05) is 39.4 Å². The zero-order chi connectivity index (χ0) is 33.3. The Labute approximate surface area is 263 Å². The van der Waals surface area contributed by atoms with E-state index >= 15 is 0 Å². The second-order valence-electron chi connectivity index (χ2n) is 13.1. The first-order chi connectivity index (χ1) is 22.2. The van der Waals surface area contributed by atoms with Crippen molar-refractivity contribution in [2.45, 2.75) is 68.4 Å². The summed E-state index contributed by atoms with van der Waals surface area (Å²) in [5, 5.41) is 14.6. The number of hydrogen-bond donors (Lipinski definition) is 1. The summed E-state index contributed by atoms with van der Waals surface area (Å²) < 4.78 is 95.6. The molecule has 1 N–H and O–H groups in total. The third-order valence-corrected chi connectivity index (χ3v) is 9.92. The fourth-order valence-electron chi connectivity index (χ4n) is 7.05. The molecule has 2 amide bonds. The Morgan fingerprint density at radius 3 is 2.34 bits per heavy atom. The summed E-state index contributed by atoms with van der Waals surface area (Å²) in [5.74, 6) is -14.7. The van der Waals surface area contributed by atoms with Crippen molar-refractivity contribution in [1.82, 2.24) is 40.0 Å². The minimum Gasteiger partial charge on any atom is -0.378 e. The van der Waals surface area contributed by atoms with Gasteiger partial charge in [-0.2, -0.15) is 22.7 Å². The van der Waals surface area contributed by atoms with Crippen molar-refractivity contribution in [3.63, 3.8) is 0 Å². The van der Waals surface area contributed by atoms with Crippen LogP contribution in [-0.4, -0.2) is 110 Å². The van der Waals surface area contributed by atoms with Gasteiger partial charge in [0.2, 0.25) is 11.8 Å². The van der Waals surface area contributed by atoms with E-state index in [-0.39, 0.29) is 55.6 Å². The Kier molecular flexibility index (Phi) is 7.72. The van der Waals surface area contributed by atoms with Gasteiger partial charge in [0.25, 0.3) is 5.91 Å². The van der Waals surface area contributed by atoms with E-state index in [1.807, 2.05) is 4.90 Å². The highest BCUT2D eigenvalue weighted by Gasteiger charge is 2.64. The third-order valence-electron chi connectivity index (χ3n) is 9.92. The van der Waals surface area contributed by atoms with E-state index in [0.29, 0.717) is 41.6 Å². The van der Waals surface area contributed by atoms with Crippen LogP contribution in [0.4, 0.5) is 26.3 Å². The number of aromatic nitrogens is 5. The van der Waals surface area contributed by atoms with Crippen molar-refractivity contribution in [3.8, 4) is 0 Å². The lowest BCUT2D eigenvalue weighted by atomic mass is 9.81. The van der Waals surface area contributed by atoms with Crippen molar-refractivity contribution in [2.24, 2.45) is 11.8 Å². The van der Waals surface area contributed by atoms with E-state index in [1.54, 1.807) is 19.2 Å². The number of aryl methyl sites for hydroxylation is 1. The standard InChI is InChI=1S/C29H32F6N8O4/c1-15-23(40-47-39-15)25(44)38-24(16-2-4-27(30,31)5-3-16)21-10-43-22(37-21)6-17(7-36-43)19-8-41(18-11-46-12-18)9-20(19)26(45)42-13-28(32,33)29(34,35)14-42/h6-7,10,16,18-20,24H,2-5,8-9,11-14H2,1H3,(H,38,44). The molecule has 3 atom stereocenters. The Hall–Kier alpha value is -3.80. The third kappa shape index (κ3) is 5.83. The molecule has 4 aliphatic rings. The SMILES string of the molecule is Cc1nonc1C(=O)NC(c1cn2ncc(C3CN(C4COC4)CC3C(=O)N3CC(F)(F)C(F)(F)C3)cc2n1)C1CCC(F)(F)CC1. The molecule has 12 nitrogen and oxygen atoms in total. The van der Waals surface area contributed by atoms with Crippen LogP contribution in [0.5, 0.6) is 0 Å². The van der Waals surface area contributed by atoms with Crippen LogP contribution in [0.25, 0.3) is 5.65 Å². The van der Waals surface area contributed by atoms with E-state index in [1.165, 1.54) is 10.7 Å². The van der Waals surface area contributed by atoms with Gasteiger partial charge in [-0.3, -0.25) is 14.5 Å². The molecule has 3 aliphatic heterocycles. The van der Waals surface area contributed by atoms with Crippen molar-refractivity contribution >= 4 is 17.5 Å². The molecule has 0 aromatic carbocycles. The number of hydrogen-bond acceptors (Lipinski definition) is 9. The zero-order valence-corrected chi connectivity index (χ0v) is 25.2. The minimum atomic E-state index is -4.33. The molecule has 6 heterocycles. The highest BCUT2D eigenvalue weighted by Crippen LogP contribution is 2.44. The molecule has 3 saturated heterocycles. The highest BCUT2D eigenvalue weighted by atomic mass is 19.3. The molecule has 47 heavy (non-hydrogen) atoms. The molecule has 3 aromatic heterocycles. The van der Waals surface area contributed by atoms with Gasteiger partial charge in [-0.25, -0.2) is 22.9 Å². The maximum absolute atomic E-state index is 14.0. The van der Waals surface area contributed by atoms with E-state index in [9.17, 15) is 35.9 Å². The predicted molar refractivity (Wildman–Crippen MR) is 148 cm³/mol. The van der Waals surface area contributed by atoms with Crippen LogP contribution in [0.2, 0.25) is 0 Å². The number of imidazole rings is 1. The number of fused-ring (bicyclic) bond motifs is 1. The van der Waals surface area contributed by atoms with Crippen LogP contribution in [0.15, 0.2) is 23.1 Å². The number of nitrogens with one attached hydrogen (secondary N) is 1. The van der Waals surface area contributed by atoms with E-state index in [2.05, 4.69) is 25.4 Å². The average molecular weight is 671 g/mol. The highest BCUT2D eigenvalue weighted by molar-refractivity contribution is 5.93. The van der Waals surface area contributed by atoms with Gasteiger partial charge in [-0.15, -0.1) is 0 Å². The summed E-state index contributed by atoms with van der Waals surface area (Å²) in [7, 11) is 0. The number of likely N-dealkylation sites (tertiary alicyclic amines) is 2. The second-order valence-corrected chi connectivity index (χ2v) is 13.1. The molecule has 4 fully saturated rings. The first-order valence-electron chi connectivity index (χ1n) is 15.4. The summed E-state index contributed by atoms with van der Waals surface area (Å²) >= 11 is 0. The molecule has 0 bridgehead atoms. The summed E-state index contributed by atoms with van der Waals surface area (Å²) in [5.41, 5.74) is 1.44. The van der Waals surface area contributed by atoms with Crippen molar-refractivity contribution in [3.05, 3.63) is 41.1 Å². The van der Waals surface area contributed by atoms with Gasteiger partial charge < -0.3 is 15.0 Å². The molecule has 1 aliphatic carbocycles. The molecular formula is C29H32F6N8O4. The maximum atomic E-state index is 14.0. The molecule has 7 rings (SSSR count). The van der Waals surface area contributed by atoms with Gasteiger partial charge in [0, 0.05) is 31.8 Å². The molecular weight excluding hydrogens is 638 g/mol. The zero-order valence-electron chi connectivity index (χ0n) is 25.2. The summed E-state index contributed by atoms with van der Waals surface area (Å²) in [6, 6.07) is 0.894. The first kappa shape index (κ1) is 31.8. The van der Waals surface area contributed by atoms with Gasteiger partial charge in [0.15, 0.2) is 11.3 Å². The number of nitrogens with zero attached hydrogens (tertiary/aromatic N) is 7. The number of rotatable bonds is 7. The Morgan fingerprint density at radius 1 is 1.02 bits per heavy atom. The van der Waals surface area contributed by atoms with Crippen molar-refractivity contribution < 1.29 is 45.3 Å². The van der Waals surface area contributed by atoms with Gasteiger partial charge in [0.05, 0.1) is 62.4 Å². The normalized spacial score (nSPS) is 26.8. The topological polar surface area (TPSA) is 131 Å². The Bertz CT molecular complexity index is 1650.